The fourth-order valence-corrected chi connectivity index (χ4v) is 7.32. The maximum Gasteiger partial charge on any atom is 0.474 e. The summed E-state index contributed by atoms with van der Waals surface area (Å²) in [6.45, 7) is 8.51. The summed E-state index contributed by atoms with van der Waals surface area (Å²) in [5.74, 6) is -0.800. The predicted octanol–water partition coefficient (Wildman–Crippen LogP) is 1.89. The number of hydrogen-bond acceptors (Lipinski definition) is 10. The summed E-state index contributed by atoms with van der Waals surface area (Å²) in [5, 5.41) is 6.75. The first-order valence-electron chi connectivity index (χ1n) is 13.3. The molecule has 4 aliphatic rings. The van der Waals surface area contributed by atoms with Crippen LogP contribution in [-0.2, 0) is 21.1 Å². The number of aromatic nitrogens is 2. The molecule has 5 heterocycles. The second kappa shape index (κ2) is 10.3. The molecule has 2 N–H and O–H groups in total. The van der Waals surface area contributed by atoms with Crippen molar-refractivity contribution in [2.24, 2.45) is 4.36 Å². The minimum absolute atomic E-state index is 0.135. The van der Waals surface area contributed by atoms with Gasteiger partial charge in [-0.3, -0.25) is 9.69 Å². The third kappa shape index (κ3) is 5.29. The summed E-state index contributed by atoms with van der Waals surface area (Å²) in [7, 11) is -3.30. The second-order valence-corrected chi connectivity index (χ2v) is 13.0. The Hall–Kier alpha value is -3.17. The number of aryl methyl sites for hydroxylation is 1. The van der Waals surface area contributed by atoms with Crippen molar-refractivity contribution in [1.82, 2.24) is 20.2 Å². The van der Waals surface area contributed by atoms with Gasteiger partial charge in [-0.1, -0.05) is 0 Å². The molecular weight excluding hydrogens is 549 g/mol. The number of alkyl halides is 3. The molecule has 1 aromatic carbocycles. The van der Waals surface area contributed by atoms with Crippen molar-refractivity contribution in [2.45, 2.75) is 25.7 Å². The maximum atomic E-state index is 12.8. The molecule has 4 aliphatic heterocycles. The number of anilines is 4. The van der Waals surface area contributed by atoms with Crippen LogP contribution in [-0.4, -0.2) is 101 Å². The van der Waals surface area contributed by atoms with Gasteiger partial charge in [0.05, 0.1) is 21.0 Å². The van der Waals surface area contributed by atoms with Crippen LogP contribution in [0.15, 0.2) is 22.8 Å². The zero-order chi connectivity index (χ0) is 28.1. The number of carbonyl (C=O) groups is 1. The van der Waals surface area contributed by atoms with Crippen molar-refractivity contribution in [2.75, 3.05) is 79.0 Å². The Labute approximate surface area is 230 Å². The zero-order valence-corrected chi connectivity index (χ0v) is 22.9. The number of nitrogens with zero attached hydrogens (tertiary/aromatic N) is 6. The summed E-state index contributed by atoms with van der Waals surface area (Å²) in [6.07, 6.45) is -3.72. The van der Waals surface area contributed by atoms with Crippen LogP contribution in [0.4, 0.5) is 36.2 Å². The molecular formula is C25H31F3N8O3S. The van der Waals surface area contributed by atoms with Crippen molar-refractivity contribution >= 4 is 38.6 Å². The molecule has 0 atom stereocenters. The van der Waals surface area contributed by atoms with E-state index in [2.05, 4.69) is 46.9 Å². The Morgan fingerprint density at radius 2 is 1.80 bits per heavy atom. The Balaban J connectivity index is 1.19. The van der Waals surface area contributed by atoms with E-state index in [-0.39, 0.29) is 31.2 Å². The summed E-state index contributed by atoms with van der Waals surface area (Å²) >= 11 is 0. The normalized spacial score (nSPS) is 21.3. The molecule has 0 saturated carbocycles. The Morgan fingerprint density at radius 3 is 2.45 bits per heavy atom. The Morgan fingerprint density at radius 1 is 1.07 bits per heavy atom. The molecule has 11 nitrogen and oxygen atoms in total. The lowest BCUT2D eigenvalue weighted by Crippen LogP contribution is -2.61. The molecule has 1 amide bonds. The monoisotopic (exact) mass is 580 g/mol. The number of nitrogens with one attached hydrogen (secondary N) is 2. The molecule has 3 saturated heterocycles. The minimum atomic E-state index is -5.14. The van der Waals surface area contributed by atoms with Crippen LogP contribution in [0.2, 0.25) is 0 Å². The first kappa shape index (κ1) is 27.0. The Bertz CT molecular complexity index is 1420. The molecule has 0 unspecified atom stereocenters. The molecule has 0 bridgehead atoms. The van der Waals surface area contributed by atoms with Crippen molar-refractivity contribution in [3.05, 3.63) is 29.6 Å². The summed E-state index contributed by atoms with van der Waals surface area (Å²) in [5.41, 5.74) is 3.59. The maximum absolute atomic E-state index is 12.8. The highest BCUT2D eigenvalue weighted by atomic mass is 32.2. The van der Waals surface area contributed by atoms with Gasteiger partial charge in [0.1, 0.15) is 30.3 Å². The number of carbonyl (C=O) groups excluding carboxylic acids is 1. The lowest BCUT2D eigenvalue weighted by atomic mass is 10.1. The van der Waals surface area contributed by atoms with Crippen LogP contribution >= 0.6 is 0 Å². The highest BCUT2D eigenvalue weighted by molar-refractivity contribution is 7.94. The first-order valence-corrected chi connectivity index (χ1v) is 15.1. The molecule has 3 fully saturated rings. The molecule has 15 heteroatoms. The number of rotatable bonds is 3. The minimum Gasteiger partial charge on any atom is -0.486 e. The molecule has 2 aromatic rings. The van der Waals surface area contributed by atoms with Crippen molar-refractivity contribution < 1.29 is 26.9 Å². The topological polar surface area (TPSA) is 115 Å². The third-order valence-electron chi connectivity index (χ3n) is 7.90. The number of halogens is 3. The smallest absolute Gasteiger partial charge is 0.474 e. The van der Waals surface area contributed by atoms with Crippen LogP contribution in [0, 0.1) is 6.92 Å². The summed E-state index contributed by atoms with van der Waals surface area (Å²) in [6, 6.07) is 4.85. The van der Waals surface area contributed by atoms with E-state index in [4.69, 9.17) is 4.74 Å². The number of benzene rings is 1. The van der Waals surface area contributed by atoms with Gasteiger partial charge < -0.3 is 25.2 Å². The average molecular weight is 581 g/mol. The third-order valence-corrected chi connectivity index (χ3v) is 10.0. The molecule has 0 aliphatic carbocycles. The largest absolute Gasteiger partial charge is 0.486 e. The molecule has 216 valence electrons. The van der Waals surface area contributed by atoms with Gasteiger partial charge in [-0.05, 0) is 24.6 Å². The number of fused-ring (bicyclic) bond motifs is 2. The Kier molecular flexibility index (Phi) is 6.99. The molecule has 1 aromatic heterocycles. The van der Waals surface area contributed by atoms with E-state index in [1.54, 1.807) is 0 Å². The second-order valence-electron chi connectivity index (χ2n) is 10.5. The van der Waals surface area contributed by atoms with E-state index in [0.29, 0.717) is 23.2 Å². The van der Waals surface area contributed by atoms with Gasteiger partial charge in [-0.15, -0.1) is 0 Å². The van der Waals surface area contributed by atoms with Gasteiger partial charge in [0.2, 0.25) is 0 Å². The fraction of sp³-hybridized carbons (Fsp3) is 0.560. The van der Waals surface area contributed by atoms with Gasteiger partial charge in [0.15, 0.2) is 0 Å². The summed E-state index contributed by atoms with van der Waals surface area (Å²) in [4.78, 5) is 26.9. The van der Waals surface area contributed by atoms with E-state index in [1.807, 2.05) is 11.8 Å². The van der Waals surface area contributed by atoms with Gasteiger partial charge in [0, 0.05) is 75.6 Å². The van der Waals surface area contributed by atoms with Crippen LogP contribution in [0.5, 0.6) is 5.75 Å². The molecule has 0 radical (unpaired) electrons. The van der Waals surface area contributed by atoms with E-state index < -0.39 is 21.8 Å². The summed E-state index contributed by atoms with van der Waals surface area (Å²) < 4.78 is 60.0. The van der Waals surface area contributed by atoms with E-state index >= 15 is 0 Å². The van der Waals surface area contributed by atoms with Crippen LogP contribution in [0.25, 0.3) is 0 Å². The molecule has 40 heavy (non-hydrogen) atoms. The van der Waals surface area contributed by atoms with Gasteiger partial charge in [0.25, 0.3) is 0 Å². The number of hydrogen-bond donors (Lipinski definition) is 2. The standard InChI is InChI=1S/C25H31F3N8O3S/c1-16-10-17(34-2-4-35(5-3-34)18-12-29-13-18)11-20-21(16)39-14-19-22(32-20)30-15-31-23(19)36-6-8-40(38,9-7-36)33-24(37)25(26,27)28/h10-11,15,18,29H,2-9,12-14H2,1H3,(H,30,31,32). The fourth-order valence-electron chi connectivity index (χ4n) is 5.51. The van der Waals surface area contributed by atoms with Crippen LogP contribution < -0.4 is 25.2 Å². The van der Waals surface area contributed by atoms with Crippen LogP contribution in [0.1, 0.15) is 11.1 Å². The van der Waals surface area contributed by atoms with Gasteiger partial charge in [-0.2, -0.15) is 17.5 Å². The first-order chi connectivity index (χ1) is 19.1. The van der Waals surface area contributed by atoms with Gasteiger partial charge in [-0.25, -0.2) is 14.2 Å². The lowest BCUT2D eigenvalue weighted by Gasteiger charge is -2.44. The predicted molar refractivity (Wildman–Crippen MR) is 145 cm³/mol. The molecule has 0 spiro atoms. The lowest BCUT2D eigenvalue weighted by molar-refractivity contribution is -0.169. The SMILES string of the molecule is Cc1cc(N2CCN(C3CNC3)CC2)cc2c1OCc1c(ncnc1N1CCS(=O)(=NC(=O)C(F)(F)F)CC1)N2. The van der Waals surface area contributed by atoms with Gasteiger partial charge >= 0.3 is 12.1 Å². The van der Waals surface area contributed by atoms with E-state index in [0.717, 1.165) is 62.0 Å². The van der Waals surface area contributed by atoms with Crippen LogP contribution in [0.3, 0.4) is 0 Å². The molecule has 6 rings (SSSR count). The van der Waals surface area contributed by atoms with E-state index in [1.165, 1.54) is 6.33 Å². The number of ether oxygens (including phenoxy) is 1. The average Bonchev–Trinajstić information content (AvgIpc) is 3.07. The highest BCUT2D eigenvalue weighted by Crippen LogP contribution is 2.41. The van der Waals surface area contributed by atoms with Crippen molar-refractivity contribution in [3.8, 4) is 5.75 Å². The van der Waals surface area contributed by atoms with Crippen molar-refractivity contribution in [3.63, 3.8) is 0 Å². The highest BCUT2D eigenvalue weighted by Gasteiger charge is 2.40. The van der Waals surface area contributed by atoms with Crippen molar-refractivity contribution in [1.29, 1.82) is 0 Å². The number of piperazine rings is 1. The zero-order valence-electron chi connectivity index (χ0n) is 22.0. The quantitative estimate of drug-likeness (QED) is 0.558. The number of amides is 1. The van der Waals surface area contributed by atoms with E-state index in [9.17, 15) is 22.2 Å².